The fourth-order valence-corrected chi connectivity index (χ4v) is 7.49. The van der Waals surface area contributed by atoms with Gasteiger partial charge in [-0.3, -0.25) is 18.6 Å². The Bertz CT molecular complexity index is 958. The molecular formula is C22H32O11S. The van der Waals surface area contributed by atoms with Crippen LogP contribution in [0.4, 0.5) is 0 Å². The average molecular weight is 505 g/mol. The van der Waals surface area contributed by atoms with E-state index >= 15 is 0 Å². The van der Waals surface area contributed by atoms with Gasteiger partial charge in [-0.15, -0.1) is 0 Å². The number of hydrogen-bond acceptors (Lipinski definition) is 11. The molecule has 34 heavy (non-hydrogen) atoms. The van der Waals surface area contributed by atoms with E-state index in [-0.39, 0.29) is 38.9 Å². The highest BCUT2D eigenvalue weighted by Crippen LogP contribution is 2.70. The van der Waals surface area contributed by atoms with Crippen molar-refractivity contribution < 1.29 is 50.7 Å². The number of carbonyl (C=O) groups excluding carboxylic acids is 4. The van der Waals surface area contributed by atoms with E-state index in [1.165, 1.54) is 13.8 Å². The lowest BCUT2D eigenvalue weighted by molar-refractivity contribution is -0.185. The van der Waals surface area contributed by atoms with E-state index < -0.39 is 67.8 Å². The van der Waals surface area contributed by atoms with Crippen LogP contribution >= 0.6 is 0 Å². The van der Waals surface area contributed by atoms with Gasteiger partial charge in [0, 0.05) is 17.8 Å². The Kier molecular flexibility index (Phi) is 7.07. The zero-order valence-corrected chi connectivity index (χ0v) is 20.8. The maximum Gasteiger partial charge on any atom is 0.347 e. The summed E-state index contributed by atoms with van der Waals surface area (Å²) in [5.74, 6) is -1.98. The fraction of sp³-hybridized carbons (Fsp3) is 0.818. The number of hydrogen-bond donors (Lipinski definition) is 0. The van der Waals surface area contributed by atoms with Crippen LogP contribution in [0.25, 0.3) is 0 Å². The molecule has 0 aromatic rings. The van der Waals surface area contributed by atoms with Crippen LogP contribution in [-0.2, 0) is 52.4 Å². The van der Waals surface area contributed by atoms with Crippen LogP contribution in [0.3, 0.4) is 0 Å². The minimum absolute atomic E-state index is 0.0419. The first-order valence-electron chi connectivity index (χ1n) is 11.3. The molecule has 12 heteroatoms. The van der Waals surface area contributed by atoms with Gasteiger partial charge in [0.25, 0.3) is 16.6 Å². The number of carbonyl (C=O) groups is 4. The van der Waals surface area contributed by atoms with Gasteiger partial charge < -0.3 is 18.9 Å². The number of fused-ring (bicyclic) bond motifs is 1. The van der Waals surface area contributed by atoms with E-state index in [1.54, 1.807) is 13.8 Å². The smallest absolute Gasteiger partial charge is 0.347 e. The molecule has 3 rings (SSSR count). The van der Waals surface area contributed by atoms with E-state index in [0.717, 1.165) is 0 Å². The van der Waals surface area contributed by atoms with E-state index in [1.807, 2.05) is 6.92 Å². The summed E-state index contributed by atoms with van der Waals surface area (Å²) in [5, 5.41) is -0.911. The summed E-state index contributed by atoms with van der Waals surface area (Å²) < 4.78 is 52.2. The average Bonchev–Trinajstić information content (AvgIpc) is 3.27. The minimum atomic E-state index is -4.00. The van der Waals surface area contributed by atoms with Crippen LogP contribution in [0.1, 0.15) is 60.3 Å². The SMILES string of the molecule is CCC(C)(C)C(=O)OC(C)C(=O)OC1C2OS(=O)(=O)C3CC1(COC(C)=O)CC23CCOC=O. The highest BCUT2D eigenvalue weighted by atomic mass is 32.2. The van der Waals surface area contributed by atoms with E-state index in [9.17, 15) is 27.6 Å². The molecule has 2 bridgehead atoms. The molecule has 0 aromatic heterocycles. The second-order valence-corrected chi connectivity index (χ2v) is 11.9. The van der Waals surface area contributed by atoms with Crippen molar-refractivity contribution in [1.82, 2.24) is 0 Å². The zero-order valence-electron chi connectivity index (χ0n) is 20.0. The van der Waals surface area contributed by atoms with Gasteiger partial charge in [-0.2, -0.15) is 8.42 Å². The molecule has 3 fully saturated rings. The standard InChI is InChI=1S/C22H32O11S/c1-6-20(4,5)19(26)31-13(2)18(25)32-16-17-22(7-8-29-12-23)10-21(16,11-30-14(3)24)9-15(22)34(27,28)33-17/h12-13,15-17H,6-11H2,1-5H3. The van der Waals surface area contributed by atoms with E-state index in [4.69, 9.17) is 23.1 Å². The molecule has 2 aliphatic carbocycles. The van der Waals surface area contributed by atoms with Gasteiger partial charge in [0.2, 0.25) is 0 Å². The summed E-state index contributed by atoms with van der Waals surface area (Å²) in [4.78, 5) is 47.5. The lowest BCUT2D eigenvalue weighted by Gasteiger charge is -2.37. The van der Waals surface area contributed by atoms with Gasteiger partial charge in [-0.1, -0.05) is 6.92 Å². The first kappa shape index (κ1) is 26.4. The minimum Gasteiger partial charge on any atom is -0.468 e. The molecule has 1 heterocycles. The van der Waals surface area contributed by atoms with Gasteiger partial charge in [-0.25, -0.2) is 4.79 Å². The molecule has 2 saturated carbocycles. The van der Waals surface area contributed by atoms with Crippen molar-refractivity contribution in [2.75, 3.05) is 13.2 Å². The molecule has 1 saturated heterocycles. The van der Waals surface area contributed by atoms with Gasteiger partial charge in [-0.05, 0) is 46.5 Å². The maximum atomic E-state index is 12.9. The van der Waals surface area contributed by atoms with Gasteiger partial charge in [0.15, 0.2) is 6.10 Å². The predicted octanol–water partition coefficient (Wildman–Crippen LogP) is 1.27. The summed E-state index contributed by atoms with van der Waals surface area (Å²) >= 11 is 0. The van der Waals surface area contributed by atoms with Crippen LogP contribution in [0.15, 0.2) is 0 Å². The van der Waals surface area contributed by atoms with E-state index in [0.29, 0.717) is 6.42 Å². The number of rotatable bonds is 11. The Morgan fingerprint density at radius 3 is 2.53 bits per heavy atom. The normalized spacial score (nSPS) is 33.7. The van der Waals surface area contributed by atoms with Gasteiger partial charge in [0.1, 0.15) is 18.8 Å². The van der Waals surface area contributed by atoms with Crippen molar-refractivity contribution >= 4 is 34.5 Å². The largest absolute Gasteiger partial charge is 0.468 e. The second kappa shape index (κ2) is 9.10. The monoisotopic (exact) mass is 504 g/mol. The third kappa shape index (κ3) is 4.41. The summed E-state index contributed by atoms with van der Waals surface area (Å²) in [6.45, 7) is 7.88. The molecule has 0 aromatic carbocycles. The fourth-order valence-electron chi connectivity index (χ4n) is 5.33. The molecule has 11 nitrogen and oxygen atoms in total. The van der Waals surface area contributed by atoms with Crippen LogP contribution in [0.2, 0.25) is 0 Å². The van der Waals surface area contributed by atoms with Crippen molar-refractivity contribution in [3.8, 4) is 0 Å². The Morgan fingerprint density at radius 1 is 1.26 bits per heavy atom. The highest BCUT2D eigenvalue weighted by molar-refractivity contribution is 7.87. The van der Waals surface area contributed by atoms with Crippen LogP contribution < -0.4 is 0 Å². The Morgan fingerprint density at radius 2 is 1.94 bits per heavy atom. The lowest BCUT2D eigenvalue weighted by atomic mass is 9.76. The summed E-state index contributed by atoms with van der Waals surface area (Å²) in [5.41, 5.74) is -2.78. The summed E-state index contributed by atoms with van der Waals surface area (Å²) in [6.07, 6.45) is -2.39. The van der Waals surface area contributed by atoms with Crippen LogP contribution in [0, 0.1) is 16.2 Å². The quantitative estimate of drug-likeness (QED) is 0.132. The molecule has 0 amide bonds. The van der Waals surface area contributed by atoms with Crippen molar-refractivity contribution in [1.29, 1.82) is 0 Å². The van der Waals surface area contributed by atoms with Gasteiger partial charge in [0.05, 0.1) is 17.3 Å². The molecule has 0 radical (unpaired) electrons. The molecule has 0 N–H and O–H groups in total. The highest BCUT2D eigenvalue weighted by Gasteiger charge is 2.79. The third-order valence-corrected chi connectivity index (χ3v) is 9.37. The molecule has 3 aliphatic rings. The van der Waals surface area contributed by atoms with Crippen molar-refractivity contribution in [3.63, 3.8) is 0 Å². The summed E-state index contributed by atoms with van der Waals surface area (Å²) in [6, 6.07) is 0. The first-order valence-corrected chi connectivity index (χ1v) is 12.7. The Hall–Kier alpha value is -2.21. The van der Waals surface area contributed by atoms with Crippen molar-refractivity contribution in [2.45, 2.75) is 83.9 Å². The van der Waals surface area contributed by atoms with Gasteiger partial charge >= 0.3 is 17.9 Å². The predicted molar refractivity (Wildman–Crippen MR) is 114 cm³/mol. The Labute approximate surface area is 198 Å². The van der Waals surface area contributed by atoms with Crippen molar-refractivity contribution in [2.24, 2.45) is 16.2 Å². The molecule has 0 spiro atoms. The topological polar surface area (TPSA) is 149 Å². The van der Waals surface area contributed by atoms with E-state index in [2.05, 4.69) is 0 Å². The third-order valence-electron chi connectivity index (χ3n) is 7.56. The second-order valence-electron chi connectivity index (χ2n) is 10.1. The molecule has 1 aliphatic heterocycles. The number of ether oxygens (including phenoxy) is 4. The summed E-state index contributed by atoms with van der Waals surface area (Å²) in [7, 11) is -4.00. The molecule has 192 valence electrons. The van der Waals surface area contributed by atoms with Crippen molar-refractivity contribution in [3.05, 3.63) is 0 Å². The first-order chi connectivity index (χ1) is 15.7. The Balaban J connectivity index is 1.87. The lowest BCUT2D eigenvalue weighted by Crippen LogP contribution is -2.50. The molecular weight excluding hydrogens is 472 g/mol. The van der Waals surface area contributed by atoms with Crippen LogP contribution in [-0.4, -0.2) is 69.6 Å². The number of esters is 3. The molecule has 6 atom stereocenters. The zero-order chi connectivity index (χ0) is 25.5. The van der Waals surface area contributed by atoms with Crippen LogP contribution in [0.5, 0.6) is 0 Å². The maximum absolute atomic E-state index is 12.9. The molecule has 6 unspecified atom stereocenters.